The van der Waals surface area contributed by atoms with Crippen LogP contribution in [0.15, 0.2) is 0 Å². The number of hydrogen-bond acceptors (Lipinski definition) is 12. The molecular weight excluding hydrogens is 530 g/mol. The summed E-state index contributed by atoms with van der Waals surface area (Å²) in [5.74, 6) is 0. The fourth-order valence-corrected chi connectivity index (χ4v) is 3.55. The summed E-state index contributed by atoms with van der Waals surface area (Å²) in [7, 11) is -9.89. The van der Waals surface area contributed by atoms with Crippen molar-refractivity contribution in [2.75, 3.05) is 26.2 Å². The van der Waals surface area contributed by atoms with E-state index in [1.807, 2.05) is 0 Å². The van der Waals surface area contributed by atoms with E-state index in [4.69, 9.17) is 37.3 Å². The van der Waals surface area contributed by atoms with E-state index in [9.17, 15) is 0 Å². The van der Waals surface area contributed by atoms with Gasteiger partial charge in [-0.05, 0) is 93.4 Å². The van der Waals surface area contributed by atoms with Crippen LogP contribution in [-0.2, 0) is 16.5 Å². The largest absolute Gasteiger partial charge is 2.00 e. The van der Waals surface area contributed by atoms with Crippen molar-refractivity contribution >= 4 is 0 Å². The average Bonchev–Trinajstić information content (AvgIpc) is 2.48. The quantitative estimate of drug-likeness (QED) is 0.199. The Morgan fingerprint density at radius 3 is 1.06 bits per heavy atom. The van der Waals surface area contributed by atoms with Crippen molar-refractivity contribution in [3.05, 3.63) is 0 Å². The fourth-order valence-electron chi connectivity index (χ4n) is 3.55. The average molecular weight is 570 g/mol. The SMILES string of the molecule is CC1CC(C)(C)NCCCNC(C)CC(C)(C)NCCCN1.[Ni+2].[O-][Cl+3]([O-])([O-])[O-].[O-][Cl+3]([O-])([O-])[O-]. The van der Waals surface area contributed by atoms with Gasteiger partial charge in [-0.2, -0.15) is 0 Å². The zero-order chi connectivity index (χ0) is 25.6. The molecule has 1 rings (SSSR count). The maximum Gasteiger partial charge on any atom is 2.00 e. The van der Waals surface area contributed by atoms with E-state index >= 15 is 0 Å². The second-order valence-corrected chi connectivity index (χ2v) is 10.7. The molecule has 2 atom stereocenters. The monoisotopic (exact) mass is 568 g/mol. The van der Waals surface area contributed by atoms with Gasteiger partial charge in [-0.25, -0.2) is 37.3 Å². The minimum Gasteiger partial charge on any atom is -0.314 e. The molecule has 0 aromatic heterocycles. The maximum absolute atomic E-state index is 8.49. The van der Waals surface area contributed by atoms with Crippen LogP contribution in [0.4, 0.5) is 0 Å². The molecule has 1 fully saturated rings. The Labute approximate surface area is 211 Å². The molecule has 204 valence electrons. The van der Waals surface area contributed by atoms with Crippen molar-refractivity contribution < 1.29 is 74.2 Å². The predicted molar refractivity (Wildman–Crippen MR) is 97.6 cm³/mol. The van der Waals surface area contributed by atoms with Crippen LogP contribution in [0.2, 0.25) is 0 Å². The molecule has 1 aliphatic heterocycles. The summed E-state index contributed by atoms with van der Waals surface area (Å²) in [6, 6.07) is 1.11. The number of hydrogen-bond donors (Lipinski definition) is 4. The van der Waals surface area contributed by atoms with E-state index in [0.29, 0.717) is 12.1 Å². The van der Waals surface area contributed by atoms with Gasteiger partial charge >= 0.3 is 16.5 Å². The molecule has 0 aromatic carbocycles. The van der Waals surface area contributed by atoms with E-state index in [2.05, 4.69) is 62.8 Å². The van der Waals surface area contributed by atoms with Crippen molar-refractivity contribution in [3.8, 4) is 0 Å². The topological polar surface area (TPSA) is 233 Å². The van der Waals surface area contributed by atoms with Crippen LogP contribution < -0.4 is 58.5 Å². The van der Waals surface area contributed by atoms with E-state index in [-0.39, 0.29) is 27.6 Å². The Hall–Kier alpha value is 0.594. The second-order valence-electron chi connectivity index (χ2n) is 9.20. The number of rotatable bonds is 0. The first-order valence-corrected chi connectivity index (χ1v) is 12.9. The molecule has 0 aromatic rings. The van der Waals surface area contributed by atoms with E-state index in [1.165, 1.54) is 12.8 Å². The normalized spacial score (nSPS) is 25.3. The predicted octanol–water partition coefficient (Wildman–Crippen LogP) is -7.26. The van der Waals surface area contributed by atoms with Gasteiger partial charge in [0, 0.05) is 23.2 Å². The summed E-state index contributed by atoms with van der Waals surface area (Å²) in [4.78, 5) is 0. The van der Waals surface area contributed by atoms with Crippen molar-refractivity contribution in [2.45, 2.75) is 90.4 Å². The van der Waals surface area contributed by atoms with Gasteiger partial charge in [0.15, 0.2) is 0 Å². The van der Waals surface area contributed by atoms with Crippen LogP contribution in [0.3, 0.4) is 0 Å². The zero-order valence-electron chi connectivity index (χ0n) is 20.1. The van der Waals surface area contributed by atoms with Gasteiger partial charge < -0.3 is 21.3 Å². The summed E-state index contributed by atoms with van der Waals surface area (Å²) in [5.41, 5.74) is 0.407. The summed E-state index contributed by atoms with van der Waals surface area (Å²) < 4.78 is 67.9. The summed E-state index contributed by atoms with van der Waals surface area (Å²) in [6.45, 7) is 18.2. The first-order valence-electron chi connectivity index (χ1n) is 10.4. The zero-order valence-corrected chi connectivity index (χ0v) is 22.6. The third-order valence-corrected chi connectivity index (χ3v) is 4.53. The van der Waals surface area contributed by atoms with Crippen LogP contribution in [0.5, 0.6) is 0 Å². The minimum atomic E-state index is -4.94. The van der Waals surface area contributed by atoms with Gasteiger partial charge in [0.1, 0.15) is 0 Å². The minimum absolute atomic E-state index is 0. The summed E-state index contributed by atoms with van der Waals surface area (Å²) >= 11 is 0. The Morgan fingerprint density at radius 2 is 0.818 bits per heavy atom. The summed E-state index contributed by atoms with van der Waals surface area (Å²) in [5, 5.41) is 14.7. The standard InChI is InChI=1S/C18H40N4.2ClHO4.Ni/c1-15-13-17(3,4)21-12-8-10-20-16(2)14-18(5,6)22-11-7-9-19-15;2*2-1(3,4)5;/h15-16,19-22H,7-14H2,1-6H3;2*(H,2,3,4,5);/q;;;+2/p-2. The van der Waals surface area contributed by atoms with Crippen LogP contribution in [-0.4, -0.2) is 49.3 Å². The van der Waals surface area contributed by atoms with Gasteiger partial charge in [0.05, 0.1) is 0 Å². The van der Waals surface area contributed by atoms with Crippen LogP contribution in [0, 0.1) is 20.5 Å². The molecular formula is C18H40Cl2N4NiO8. The first kappa shape index (κ1) is 38.1. The van der Waals surface area contributed by atoms with Crippen LogP contribution in [0.1, 0.15) is 67.2 Å². The molecule has 1 saturated heterocycles. The molecule has 4 N–H and O–H groups in total. The Balaban J connectivity index is -0.000000686. The van der Waals surface area contributed by atoms with Crippen molar-refractivity contribution in [3.63, 3.8) is 0 Å². The third-order valence-electron chi connectivity index (χ3n) is 4.53. The van der Waals surface area contributed by atoms with Gasteiger partial charge in [0.25, 0.3) is 0 Å². The number of halogens is 2. The molecule has 15 heteroatoms. The van der Waals surface area contributed by atoms with Gasteiger partial charge in [-0.15, -0.1) is 20.5 Å². The molecule has 0 bridgehead atoms. The smallest absolute Gasteiger partial charge is 0.314 e. The molecule has 0 radical (unpaired) electrons. The van der Waals surface area contributed by atoms with Gasteiger partial charge in [-0.1, -0.05) is 0 Å². The molecule has 2 unspecified atom stereocenters. The van der Waals surface area contributed by atoms with E-state index < -0.39 is 20.5 Å². The van der Waals surface area contributed by atoms with Crippen molar-refractivity contribution in [1.82, 2.24) is 21.3 Å². The molecule has 1 heterocycles. The molecule has 33 heavy (non-hydrogen) atoms. The van der Waals surface area contributed by atoms with E-state index in [1.54, 1.807) is 0 Å². The van der Waals surface area contributed by atoms with Gasteiger partial charge in [-0.3, -0.25) is 0 Å². The molecule has 0 saturated carbocycles. The van der Waals surface area contributed by atoms with Crippen molar-refractivity contribution in [1.29, 1.82) is 0 Å². The van der Waals surface area contributed by atoms with Gasteiger partial charge in [0.2, 0.25) is 0 Å². The molecule has 1 aliphatic rings. The fraction of sp³-hybridized carbons (Fsp3) is 1.00. The molecule has 12 nitrogen and oxygen atoms in total. The first-order chi connectivity index (χ1) is 14.2. The van der Waals surface area contributed by atoms with Crippen LogP contribution in [0.25, 0.3) is 0 Å². The third kappa shape index (κ3) is 37.3. The Morgan fingerprint density at radius 1 is 0.576 bits per heavy atom. The van der Waals surface area contributed by atoms with Crippen LogP contribution >= 0.6 is 0 Å². The number of nitrogens with one attached hydrogen (secondary N) is 4. The molecule has 0 spiro atoms. The second kappa shape index (κ2) is 17.9. The van der Waals surface area contributed by atoms with E-state index in [0.717, 1.165) is 39.0 Å². The molecule has 0 aliphatic carbocycles. The Bertz CT molecular complexity index is 429. The maximum atomic E-state index is 8.49. The Kier molecular flexibility index (Phi) is 20.7. The van der Waals surface area contributed by atoms with Crippen molar-refractivity contribution in [2.24, 2.45) is 0 Å². The molecule has 0 amide bonds. The summed E-state index contributed by atoms with van der Waals surface area (Å²) in [6.07, 6.45) is 4.69.